The van der Waals surface area contributed by atoms with E-state index in [4.69, 9.17) is 4.74 Å². The third-order valence-corrected chi connectivity index (χ3v) is 5.37. The summed E-state index contributed by atoms with van der Waals surface area (Å²) in [5, 5.41) is 2.45. The minimum atomic E-state index is 0.221. The van der Waals surface area contributed by atoms with Crippen molar-refractivity contribution in [2.45, 2.75) is 65.5 Å². The lowest BCUT2D eigenvalue weighted by Crippen LogP contribution is -2.82. The number of nitrogens with two attached hydrogens (primary N) is 1. The van der Waals surface area contributed by atoms with Gasteiger partial charge in [0.1, 0.15) is 12.3 Å². The summed E-state index contributed by atoms with van der Waals surface area (Å²) in [6.07, 6.45) is 3.97. The van der Waals surface area contributed by atoms with Crippen LogP contribution < -0.4 is 15.0 Å². The van der Waals surface area contributed by atoms with Crippen molar-refractivity contribution in [2.75, 3.05) is 25.5 Å². The first-order valence-corrected chi connectivity index (χ1v) is 11.2. The van der Waals surface area contributed by atoms with Crippen molar-refractivity contribution in [1.29, 1.82) is 0 Å². The second-order valence-electron chi connectivity index (χ2n) is 9.03. The van der Waals surface area contributed by atoms with E-state index < -0.39 is 0 Å². The molecule has 160 valence electrons. The maximum atomic E-state index is 5.81. The van der Waals surface area contributed by atoms with E-state index in [1.165, 1.54) is 36.1 Å². The number of ether oxygens (including phenoxy) is 1. The van der Waals surface area contributed by atoms with Crippen molar-refractivity contribution >= 4 is 5.69 Å². The van der Waals surface area contributed by atoms with E-state index in [-0.39, 0.29) is 6.10 Å². The quantitative estimate of drug-likeness (QED) is 0.498. The molecule has 0 saturated heterocycles. The Kier molecular flexibility index (Phi) is 9.53. The van der Waals surface area contributed by atoms with Crippen LogP contribution in [0.1, 0.15) is 64.0 Å². The Morgan fingerprint density at radius 2 is 1.48 bits per heavy atom. The topological polar surface area (TPSA) is 29.1 Å². The second-order valence-corrected chi connectivity index (χ2v) is 9.03. The molecule has 0 heterocycles. The van der Waals surface area contributed by atoms with Gasteiger partial charge in [0.2, 0.25) is 0 Å². The number of anilines is 1. The standard InChI is InChI=1S/C26H40N2O/c1-20(2)7-10-24(23-11-15-26(16-12-23)29-21(3)4)17-18-27-19-22-8-13-25(14-9-22)28(5)6/h8-9,11-16,20-21,24,27H,7,10,17-19H2,1-6H3/p+1/t24-/m0/s1. The summed E-state index contributed by atoms with van der Waals surface area (Å²) in [4.78, 5) is 2.14. The molecule has 0 spiro atoms. The number of hydrogen-bond acceptors (Lipinski definition) is 2. The van der Waals surface area contributed by atoms with Gasteiger partial charge in [-0.1, -0.05) is 44.5 Å². The predicted octanol–water partition coefficient (Wildman–Crippen LogP) is 5.21. The molecule has 0 fully saturated rings. The second kappa shape index (κ2) is 11.9. The number of rotatable bonds is 12. The zero-order valence-corrected chi connectivity index (χ0v) is 19.3. The minimum absolute atomic E-state index is 0.221. The van der Waals surface area contributed by atoms with Crippen LogP contribution in [0.25, 0.3) is 0 Å². The molecule has 2 rings (SSSR count). The van der Waals surface area contributed by atoms with Gasteiger partial charge >= 0.3 is 0 Å². The Hall–Kier alpha value is -2.00. The van der Waals surface area contributed by atoms with Crippen LogP contribution in [0.2, 0.25) is 0 Å². The van der Waals surface area contributed by atoms with Crippen molar-refractivity contribution in [3.8, 4) is 5.75 Å². The maximum absolute atomic E-state index is 5.81. The molecule has 3 nitrogen and oxygen atoms in total. The molecule has 0 radical (unpaired) electrons. The van der Waals surface area contributed by atoms with Gasteiger partial charge in [-0.15, -0.1) is 0 Å². The molecule has 2 N–H and O–H groups in total. The average Bonchev–Trinajstić information content (AvgIpc) is 2.68. The lowest BCUT2D eigenvalue weighted by Gasteiger charge is -2.19. The fourth-order valence-electron chi connectivity index (χ4n) is 3.62. The molecule has 0 bridgehead atoms. The van der Waals surface area contributed by atoms with Gasteiger partial charge in [-0.25, -0.2) is 0 Å². The summed E-state index contributed by atoms with van der Waals surface area (Å²) < 4.78 is 5.81. The number of benzene rings is 2. The van der Waals surface area contributed by atoms with Crippen LogP contribution in [0.5, 0.6) is 5.75 Å². The van der Waals surface area contributed by atoms with Crippen molar-refractivity contribution in [2.24, 2.45) is 5.92 Å². The molecule has 1 atom stereocenters. The van der Waals surface area contributed by atoms with E-state index >= 15 is 0 Å². The van der Waals surface area contributed by atoms with E-state index in [0.29, 0.717) is 5.92 Å². The Balaban J connectivity index is 1.89. The number of hydrogen-bond donors (Lipinski definition) is 1. The van der Waals surface area contributed by atoms with E-state index in [2.05, 4.69) is 101 Å². The number of nitrogens with zero attached hydrogens (tertiary/aromatic N) is 1. The summed E-state index contributed by atoms with van der Waals surface area (Å²) in [7, 11) is 4.17. The molecule has 2 aromatic carbocycles. The molecule has 0 aliphatic carbocycles. The molecular weight excluding hydrogens is 356 g/mol. The Labute approximate surface area is 178 Å². The monoisotopic (exact) mass is 397 g/mol. The first-order valence-electron chi connectivity index (χ1n) is 11.2. The molecule has 0 aliphatic rings. The normalized spacial score (nSPS) is 12.4. The SMILES string of the molecule is CC(C)CC[C@@H](CC[NH2+]Cc1ccc(N(C)C)cc1)c1ccc(OC(C)C)cc1. The molecule has 0 amide bonds. The highest BCUT2D eigenvalue weighted by atomic mass is 16.5. The van der Waals surface area contributed by atoms with Crippen molar-refractivity contribution < 1.29 is 10.1 Å². The minimum Gasteiger partial charge on any atom is -0.491 e. The van der Waals surface area contributed by atoms with Gasteiger partial charge in [-0.05, 0) is 61.9 Å². The maximum Gasteiger partial charge on any atom is 0.119 e. The van der Waals surface area contributed by atoms with Crippen LogP contribution in [0.3, 0.4) is 0 Å². The van der Waals surface area contributed by atoms with Gasteiger partial charge in [0.05, 0.1) is 12.6 Å². The molecule has 2 aromatic rings. The zero-order chi connectivity index (χ0) is 21.2. The first kappa shape index (κ1) is 23.3. The van der Waals surface area contributed by atoms with Crippen molar-refractivity contribution in [3.63, 3.8) is 0 Å². The van der Waals surface area contributed by atoms with Crippen LogP contribution in [-0.2, 0) is 6.54 Å². The Morgan fingerprint density at radius 3 is 2.03 bits per heavy atom. The molecular formula is C26H41N2O+. The fraction of sp³-hybridized carbons (Fsp3) is 0.538. The van der Waals surface area contributed by atoms with E-state index in [1.54, 1.807) is 0 Å². The first-order chi connectivity index (χ1) is 13.8. The van der Waals surface area contributed by atoms with Crippen molar-refractivity contribution in [1.82, 2.24) is 0 Å². The highest BCUT2D eigenvalue weighted by Gasteiger charge is 2.14. The Morgan fingerprint density at radius 1 is 0.828 bits per heavy atom. The lowest BCUT2D eigenvalue weighted by molar-refractivity contribution is -0.671. The van der Waals surface area contributed by atoms with Crippen LogP contribution in [0.15, 0.2) is 48.5 Å². The summed E-state index contributed by atoms with van der Waals surface area (Å²) in [5.74, 6) is 2.34. The van der Waals surface area contributed by atoms with Crippen LogP contribution in [0.4, 0.5) is 5.69 Å². The van der Waals surface area contributed by atoms with Gasteiger partial charge in [-0.3, -0.25) is 0 Å². The third kappa shape index (κ3) is 8.49. The van der Waals surface area contributed by atoms with Crippen LogP contribution in [0, 0.1) is 5.92 Å². The summed E-state index contributed by atoms with van der Waals surface area (Å²) in [6.45, 7) is 11.0. The molecule has 0 aliphatic heterocycles. The molecule has 0 unspecified atom stereocenters. The smallest absolute Gasteiger partial charge is 0.119 e. The van der Waals surface area contributed by atoms with Crippen molar-refractivity contribution in [3.05, 3.63) is 59.7 Å². The van der Waals surface area contributed by atoms with Gasteiger partial charge in [0, 0.05) is 31.8 Å². The predicted molar refractivity (Wildman–Crippen MR) is 125 cm³/mol. The van der Waals surface area contributed by atoms with Gasteiger partial charge < -0.3 is 15.0 Å². The van der Waals surface area contributed by atoms with Gasteiger partial charge in [-0.2, -0.15) is 0 Å². The van der Waals surface area contributed by atoms with E-state index in [0.717, 1.165) is 24.8 Å². The molecule has 3 heteroatoms. The molecule has 0 saturated carbocycles. The summed E-state index contributed by atoms with van der Waals surface area (Å²) in [6, 6.07) is 17.7. The third-order valence-electron chi connectivity index (χ3n) is 5.37. The lowest BCUT2D eigenvalue weighted by atomic mass is 9.88. The summed E-state index contributed by atoms with van der Waals surface area (Å²) >= 11 is 0. The fourth-order valence-corrected chi connectivity index (χ4v) is 3.62. The average molecular weight is 398 g/mol. The molecule has 29 heavy (non-hydrogen) atoms. The van der Waals surface area contributed by atoms with Gasteiger partial charge in [0.15, 0.2) is 0 Å². The largest absolute Gasteiger partial charge is 0.491 e. The van der Waals surface area contributed by atoms with Gasteiger partial charge in [0.25, 0.3) is 0 Å². The highest BCUT2D eigenvalue weighted by Crippen LogP contribution is 2.28. The zero-order valence-electron chi connectivity index (χ0n) is 19.3. The summed E-state index contributed by atoms with van der Waals surface area (Å²) in [5.41, 5.74) is 4.10. The van der Waals surface area contributed by atoms with E-state index in [1.807, 2.05) is 0 Å². The van der Waals surface area contributed by atoms with Crippen LogP contribution >= 0.6 is 0 Å². The highest BCUT2D eigenvalue weighted by molar-refractivity contribution is 5.45. The van der Waals surface area contributed by atoms with Crippen LogP contribution in [-0.4, -0.2) is 26.7 Å². The number of quaternary nitrogens is 1. The molecule has 0 aromatic heterocycles. The van der Waals surface area contributed by atoms with E-state index in [9.17, 15) is 0 Å². The Bertz CT molecular complexity index is 690.